The molecule has 3 aliphatic rings. The molecule has 2 fully saturated rings. The minimum atomic E-state index is -0.793. The van der Waals surface area contributed by atoms with Gasteiger partial charge in [-0.15, -0.1) is 0 Å². The number of H-pyrrole nitrogens is 1. The van der Waals surface area contributed by atoms with E-state index in [0.717, 1.165) is 61.2 Å². The fourth-order valence-electron chi connectivity index (χ4n) is 5.86. The largest absolute Gasteiger partial charge is 0.378 e. The number of halogens is 2. The molecular weight excluding hydrogens is 446 g/mol. The van der Waals surface area contributed by atoms with Gasteiger partial charge in [0.2, 0.25) is 0 Å². The summed E-state index contributed by atoms with van der Waals surface area (Å²) < 4.78 is 27.5. The van der Waals surface area contributed by atoms with Crippen LogP contribution in [0.1, 0.15) is 49.0 Å². The van der Waals surface area contributed by atoms with Crippen LogP contribution < -0.4 is 5.32 Å². The van der Waals surface area contributed by atoms with Crippen LogP contribution in [0, 0.1) is 5.92 Å². The Morgan fingerprint density at radius 2 is 2.03 bits per heavy atom. The first kappa shape index (κ1) is 22.9. The van der Waals surface area contributed by atoms with Crippen molar-refractivity contribution in [3.63, 3.8) is 0 Å². The topological polar surface area (TPSA) is 60.1 Å². The maximum atomic E-state index is 15.1. The number of pyridine rings is 1. The van der Waals surface area contributed by atoms with Gasteiger partial charge in [0.1, 0.15) is 6.17 Å². The zero-order chi connectivity index (χ0) is 23.9. The van der Waals surface area contributed by atoms with Crippen LogP contribution in [0.15, 0.2) is 36.7 Å². The Hall–Kier alpha value is -2.58. The van der Waals surface area contributed by atoms with Gasteiger partial charge in [-0.1, -0.05) is 6.07 Å². The van der Waals surface area contributed by atoms with Crippen molar-refractivity contribution in [1.29, 1.82) is 0 Å². The van der Waals surface area contributed by atoms with Crippen LogP contribution >= 0.6 is 0 Å². The molecule has 186 valence electrons. The van der Waals surface area contributed by atoms with Crippen molar-refractivity contribution >= 4 is 16.6 Å². The van der Waals surface area contributed by atoms with E-state index >= 15 is 4.39 Å². The monoisotopic (exact) mass is 480 g/mol. The van der Waals surface area contributed by atoms with E-state index in [1.807, 2.05) is 12.4 Å². The van der Waals surface area contributed by atoms with Crippen molar-refractivity contribution in [2.24, 2.45) is 5.92 Å². The van der Waals surface area contributed by atoms with Crippen LogP contribution in [0.4, 0.5) is 14.5 Å². The highest BCUT2D eigenvalue weighted by molar-refractivity contribution is 5.83. The molecule has 1 aliphatic carbocycles. The number of anilines is 1. The Morgan fingerprint density at radius 3 is 2.77 bits per heavy atom. The molecule has 3 atom stereocenters. The summed E-state index contributed by atoms with van der Waals surface area (Å²) >= 11 is 0. The van der Waals surface area contributed by atoms with Gasteiger partial charge in [0.05, 0.1) is 48.0 Å². The number of rotatable bonds is 9. The van der Waals surface area contributed by atoms with Crippen LogP contribution in [0.25, 0.3) is 10.9 Å². The van der Waals surface area contributed by atoms with Crippen molar-refractivity contribution in [2.45, 2.75) is 56.9 Å². The third kappa shape index (κ3) is 4.54. The van der Waals surface area contributed by atoms with Gasteiger partial charge in [-0.2, -0.15) is 5.10 Å². The van der Waals surface area contributed by atoms with E-state index in [-0.39, 0.29) is 24.7 Å². The van der Waals surface area contributed by atoms with Gasteiger partial charge >= 0.3 is 0 Å². The third-order valence-corrected chi connectivity index (χ3v) is 7.99. The van der Waals surface area contributed by atoms with E-state index in [1.54, 1.807) is 0 Å². The van der Waals surface area contributed by atoms with Crippen LogP contribution in [-0.4, -0.2) is 76.1 Å². The molecule has 0 spiro atoms. The standard InChI is InChI=1S/C27H34F2N6/c1-17-11-22-21(6-8-25-23(22)13-31-33-25)27(35(17)16-24(29)18-3-4-18)26-7-5-19(12-30-26)32-20-14-34(15-20)10-2-9-28/h5-8,12-13,17-18,20,24,27,32H,2-4,9-11,14-16H2,1H3,(H,31,33)/t17-,24?,27+/m1/s1. The molecule has 3 aromatic rings. The number of benzene rings is 1. The quantitative estimate of drug-likeness (QED) is 0.472. The average molecular weight is 481 g/mol. The first-order chi connectivity index (χ1) is 17.1. The lowest BCUT2D eigenvalue weighted by atomic mass is 9.84. The second-order valence-electron chi connectivity index (χ2n) is 10.6. The van der Waals surface area contributed by atoms with Gasteiger partial charge in [0.25, 0.3) is 0 Å². The summed E-state index contributed by atoms with van der Waals surface area (Å²) in [6.07, 6.45) is 6.51. The van der Waals surface area contributed by atoms with Crippen molar-refractivity contribution in [2.75, 3.05) is 38.2 Å². The summed E-state index contributed by atoms with van der Waals surface area (Å²) in [7, 11) is 0. The lowest BCUT2D eigenvalue weighted by molar-refractivity contribution is 0.0983. The van der Waals surface area contributed by atoms with Gasteiger partial charge in [0, 0.05) is 37.6 Å². The number of nitrogens with zero attached hydrogens (tertiary/aromatic N) is 4. The third-order valence-electron chi connectivity index (χ3n) is 7.99. The van der Waals surface area contributed by atoms with Crippen LogP contribution in [0.2, 0.25) is 0 Å². The molecule has 0 amide bonds. The maximum absolute atomic E-state index is 15.1. The van der Waals surface area contributed by atoms with Crippen LogP contribution in [-0.2, 0) is 6.42 Å². The molecule has 1 unspecified atom stereocenters. The molecule has 2 aromatic heterocycles. The lowest BCUT2D eigenvalue weighted by Gasteiger charge is -2.42. The van der Waals surface area contributed by atoms with Gasteiger partial charge in [-0.05, 0) is 67.9 Å². The van der Waals surface area contributed by atoms with Crippen LogP contribution in [0.5, 0.6) is 0 Å². The molecule has 6 nitrogen and oxygen atoms in total. The fraction of sp³-hybridized carbons (Fsp3) is 0.556. The zero-order valence-corrected chi connectivity index (χ0v) is 20.3. The smallest absolute Gasteiger partial charge is 0.116 e. The molecule has 2 aliphatic heterocycles. The van der Waals surface area contributed by atoms with Crippen LogP contribution in [0.3, 0.4) is 0 Å². The summed E-state index contributed by atoms with van der Waals surface area (Å²) in [5.41, 5.74) is 5.48. The van der Waals surface area contributed by atoms with Crippen molar-refractivity contribution < 1.29 is 8.78 Å². The molecule has 0 bridgehead atoms. The fourth-order valence-corrected chi connectivity index (χ4v) is 5.86. The number of fused-ring (bicyclic) bond motifs is 3. The maximum Gasteiger partial charge on any atom is 0.116 e. The second-order valence-corrected chi connectivity index (χ2v) is 10.6. The Kier molecular flexibility index (Phi) is 6.18. The number of hydrogen-bond donors (Lipinski definition) is 2. The van der Waals surface area contributed by atoms with Gasteiger partial charge in [0.15, 0.2) is 0 Å². The van der Waals surface area contributed by atoms with Gasteiger partial charge in [-0.25, -0.2) is 4.39 Å². The second kappa shape index (κ2) is 9.47. The zero-order valence-electron chi connectivity index (χ0n) is 20.3. The van der Waals surface area contributed by atoms with E-state index in [0.29, 0.717) is 19.0 Å². The SMILES string of the molecule is C[C@@H]1Cc2c(ccc3[nH]ncc23)[C@@H](c2ccc(NC3CN(CCCF)C3)cn2)N1CC(F)C1CC1. The lowest BCUT2D eigenvalue weighted by Crippen LogP contribution is -2.54. The highest BCUT2D eigenvalue weighted by atomic mass is 19.1. The predicted molar refractivity (Wildman–Crippen MR) is 134 cm³/mol. The van der Waals surface area contributed by atoms with Crippen molar-refractivity contribution in [3.8, 4) is 0 Å². The molecule has 1 aromatic carbocycles. The molecule has 1 saturated heterocycles. The summed E-state index contributed by atoms with van der Waals surface area (Å²) in [6.45, 7) is 5.08. The Labute approximate surface area is 205 Å². The average Bonchev–Trinajstić information content (AvgIpc) is 3.58. The summed E-state index contributed by atoms with van der Waals surface area (Å²) in [6, 6.07) is 8.91. The number of aromatic amines is 1. The Morgan fingerprint density at radius 1 is 1.17 bits per heavy atom. The van der Waals surface area contributed by atoms with E-state index in [1.165, 1.54) is 11.1 Å². The Bertz CT molecular complexity index is 1150. The highest BCUT2D eigenvalue weighted by Gasteiger charge is 2.40. The molecule has 1 saturated carbocycles. The molecular formula is C27H34F2N6. The van der Waals surface area contributed by atoms with E-state index in [9.17, 15) is 4.39 Å². The molecule has 35 heavy (non-hydrogen) atoms. The molecule has 6 rings (SSSR count). The van der Waals surface area contributed by atoms with Crippen molar-refractivity contribution in [3.05, 3.63) is 53.5 Å². The summed E-state index contributed by atoms with van der Waals surface area (Å²) in [5.74, 6) is 0.215. The minimum absolute atomic E-state index is 0.0843. The van der Waals surface area contributed by atoms with E-state index in [2.05, 4.69) is 56.5 Å². The number of aromatic nitrogens is 3. The molecule has 4 heterocycles. The number of likely N-dealkylation sites (tertiary alicyclic amines) is 1. The minimum Gasteiger partial charge on any atom is -0.378 e. The van der Waals surface area contributed by atoms with E-state index in [4.69, 9.17) is 4.98 Å². The van der Waals surface area contributed by atoms with Gasteiger partial charge in [-0.3, -0.25) is 24.3 Å². The normalized spacial score (nSPS) is 24.3. The molecule has 2 N–H and O–H groups in total. The number of nitrogens with one attached hydrogen (secondary N) is 2. The predicted octanol–water partition coefficient (Wildman–Crippen LogP) is 4.50. The van der Waals surface area contributed by atoms with Gasteiger partial charge < -0.3 is 5.32 Å². The first-order valence-electron chi connectivity index (χ1n) is 13.0. The molecule has 8 heteroatoms. The molecule has 0 radical (unpaired) electrons. The number of alkyl halides is 2. The summed E-state index contributed by atoms with van der Waals surface area (Å²) in [5, 5.41) is 12.0. The first-order valence-corrected chi connectivity index (χ1v) is 13.0. The Balaban J connectivity index is 1.25. The highest BCUT2D eigenvalue weighted by Crippen LogP contribution is 2.42. The summed E-state index contributed by atoms with van der Waals surface area (Å²) in [4.78, 5) is 9.47. The number of hydrogen-bond acceptors (Lipinski definition) is 5. The van der Waals surface area contributed by atoms with Crippen molar-refractivity contribution in [1.82, 2.24) is 25.0 Å². The van der Waals surface area contributed by atoms with E-state index < -0.39 is 6.17 Å².